The van der Waals surface area contributed by atoms with E-state index in [1.54, 1.807) is 0 Å². The van der Waals surface area contributed by atoms with Gasteiger partial charge in [-0.1, -0.05) is 0 Å². The van der Waals surface area contributed by atoms with Crippen LogP contribution in [0.15, 0.2) is 0 Å². The Morgan fingerprint density at radius 3 is 3.00 bits per heavy atom. The molecule has 0 aromatic carbocycles. The Bertz CT molecular complexity index is 174. The van der Waals surface area contributed by atoms with Crippen molar-refractivity contribution in [1.82, 2.24) is 4.90 Å². The van der Waals surface area contributed by atoms with Crippen LogP contribution in [0.2, 0.25) is 0 Å². The second kappa shape index (κ2) is 4.44. The normalized spacial score (nSPS) is 24.7. The summed E-state index contributed by atoms with van der Waals surface area (Å²) in [5.41, 5.74) is 0. The molecule has 0 aromatic heterocycles. The molecular weight excluding hydrogens is 152 g/mol. The Morgan fingerprint density at radius 1 is 1.67 bits per heavy atom. The van der Waals surface area contributed by atoms with Crippen molar-refractivity contribution in [3.63, 3.8) is 0 Å². The van der Waals surface area contributed by atoms with E-state index in [0.717, 1.165) is 19.4 Å². The van der Waals surface area contributed by atoms with E-state index in [1.807, 2.05) is 13.8 Å². The maximum atomic E-state index is 8.75. The summed E-state index contributed by atoms with van der Waals surface area (Å²) in [4.78, 5) is 2.10. The molecule has 0 aliphatic carbocycles. The molecule has 68 valence electrons. The van der Waals surface area contributed by atoms with Gasteiger partial charge in [-0.3, -0.25) is 4.90 Å². The Morgan fingerprint density at radius 2 is 2.42 bits per heavy atom. The first-order chi connectivity index (χ1) is 5.74. The highest BCUT2D eigenvalue weighted by atomic mass is 16.5. The van der Waals surface area contributed by atoms with Gasteiger partial charge in [0, 0.05) is 6.54 Å². The van der Waals surface area contributed by atoms with Crippen molar-refractivity contribution < 1.29 is 4.74 Å². The highest BCUT2D eigenvalue weighted by Gasteiger charge is 2.23. The fraction of sp³-hybridized carbons (Fsp3) is 0.889. The molecule has 0 saturated carbocycles. The van der Waals surface area contributed by atoms with Crippen molar-refractivity contribution in [2.24, 2.45) is 0 Å². The van der Waals surface area contributed by atoms with Gasteiger partial charge in [-0.05, 0) is 26.7 Å². The van der Waals surface area contributed by atoms with Crippen molar-refractivity contribution >= 4 is 0 Å². The van der Waals surface area contributed by atoms with Crippen LogP contribution in [0.5, 0.6) is 0 Å². The molecule has 1 heterocycles. The summed E-state index contributed by atoms with van der Waals surface area (Å²) in [5, 5.41) is 8.75. The Labute approximate surface area is 73.9 Å². The molecule has 0 unspecified atom stereocenters. The SMILES string of the molecule is CC(C)OCN1CCC[C@@H]1C#N. The van der Waals surface area contributed by atoms with Crippen LogP contribution >= 0.6 is 0 Å². The minimum Gasteiger partial charge on any atom is -0.363 e. The summed E-state index contributed by atoms with van der Waals surface area (Å²) in [6.45, 7) is 5.63. The van der Waals surface area contributed by atoms with Gasteiger partial charge in [-0.25, -0.2) is 0 Å². The molecule has 1 saturated heterocycles. The van der Waals surface area contributed by atoms with Crippen molar-refractivity contribution in [1.29, 1.82) is 5.26 Å². The predicted octanol–water partition coefficient (Wildman–Crippen LogP) is 1.36. The lowest BCUT2D eigenvalue weighted by molar-refractivity contribution is -0.00457. The first-order valence-corrected chi connectivity index (χ1v) is 4.49. The van der Waals surface area contributed by atoms with Crippen molar-refractivity contribution in [3.8, 4) is 6.07 Å². The lowest BCUT2D eigenvalue weighted by Crippen LogP contribution is -2.31. The van der Waals surface area contributed by atoms with Crippen molar-refractivity contribution in [3.05, 3.63) is 0 Å². The molecule has 0 amide bonds. The lowest BCUT2D eigenvalue weighted by Gasteiger charge is -2.20. The van der Waals surface area contributed by atoms with Crippen LogP contribution in [0.4, 0.5) is 0 Å². The number of nitriles is 1. The molecule has 0 aromatic rings. The lowest BCUT2D eigenvalue weighted by atomic mass is 10.2. The summed E-state index contributed by atoms with van der Waals surface area (Å²) < 4.78 is 5.43. The van der Waals surface area contributed by atoms with E-state index in [4.69, 9.17) is 10.00 Å². The van der Waals surface area contributed by atoms with E-state index >= 15 is 0 Å². The molecule has 0 bridgehead atoms. The fourth-order valence-corrected chi connectivity index (χ4v) is 1.37. The van der Waals surface area contributed by atoms with Gasteiger partial charge >= 0.3 is 0 Å². The predicted molar refractivity (Wildman–Crippen MR) is 46.4 cm³/mol. The number of hydrogen-bond donors (Lipinski definition) is 0. The first kappa shape index (κ1) is 9.50. The molecule has 1 aliphatic heterocycles. The molecule has 0 spiro atoms. The average Bonchev–Trinajstić information content (AvgIpc) is 2.47. The van der Waals surface area contributed by atoms with E-state index < -0.39 is 0 Å². The Kier molecular flexibility index (Phi) is 3.51. The highest BCUT2D eigenvalue weighted by Crippen LogP contribution is 2.15. The fourth-order valence-electron chi connectivity index (χ4n) is 1.37. The Balaban J connectivity index is 2.27. The molecule has 3 nitrogen and oxygen atoms in total. The summed E-state index contributed by atoms with van der Waals surface area (Å²) >= 11 is 0. The zero-order chi connectivity index (χ0) is 8.97. The first-order valence-electron chi connectivity index (χ1n) is 4.49. The second-order valence-electron chi connectivity index (χ2n) is 3.44. The summed E-state index contributed by atoms with van der Waals surface area (Å²) in [6.07, 6.45) is 2.38. The molecular formula is C9H16N2O. The quantitative estimate of drug-likeness (QED) is 0.638. The minimum atomic E-state index is 0.0868. The summed E-state index contributed by atoms with van der Waals surface area (Å²) in [5.74, 6) is 0. The molecule has 12 heavy (non-hydrogen) atoms. The monoisotopic (exact) mass is 168 g/mol. The van der Waals surface area contributed by atoms with E-state index in [2.05, 4.69) is 11.0 Å². The third-order valence-corrected chi connectivity index (χ3v) is 2.09. The third-order valence-electron chi connectivity index (χ3n) is 2.09. The number of rotatable bonds is 3. The maximum absolute atomic E-state index is 8.75. The van der Waals surface area contributed by atoms with Crippen LogP contribution in [-0.4, -0.2) is 30.3 Å². The third kappa shape index (κ3) is 2.47. The number of likely N-dealkylation sites (tertiary alicyclic amines) is 1. The van der Waals surface area contributed by atoms with Crippen LogP contribution in [0, 0.1) is 11.3 Å². The molecule has 1 rings (SSSR count). The zero-order valence-corrected chi connectivity index (χ0v) is 7.79. The van der Waals surface area contributed by atoms with Gasteiger partial charge in [0.25, 0.3) is 0 Å². The van der Waals surface area contributed by atoms with Crippen molar-refractivity contribution in [2.75, 3.05) is 13.3 Å². The van der Waals surface area contributed by atoms with E-state index in [9.17, 15) is 0 Å². The van der Waals surface area contributed by atoms with Gasteiger partial charge in [-0.2, -0.15) is 5.26 Å². The van der Waals surface area contributed by atoms with Crippen LogP contribution in [0.25, 0.3) is 0 Å². The molecule has 3 heteroatoms. The second-order valence-corrected chi connectivity index (χ2v) is 3.44. The highest BCUT2D eigenvalue weighted by molar-refractivity contribution is 4.94. The Hall–Kier alpha value is -0.590. The van der Waals surface area contributed by atoms with Crippen LogP contribution in [0.3, 0.4) is 0 Å². The van der Waals surface area contributed by atoms with Gasteiger partial charge < -0.3 is 4.74 Å². The molecule has 0 radical (unpaired) electrons. The molecule has 1 fully saturated rings. The molecule has 0 N–H and O–H groups in total. The van der Waals surface area contributed by atoms with Gasteiger partial charge in [-0.15, -0.1) is 0 Å². The minimum absolute atomic E-state index is 0.0868. The number of nitrogens with zero attached hydrogens (tertiary/aromatic N) is 2. The number of hydrogen-bond acceptors (Lipinski definition) is 3. The van der Waals surface area contributed by atoms with E-state index in [0.29, 0.717) is 6.73 Å². The zero-order valence-electron chi connectivity index (χ0n) is 7.79. The molecule has 1 aliphatic rings. The van der Waals surface area contributed by atoms with Crippen molar-refractivity contribution in [2.45, 2.75) is 38.8 Å². The molecule has 1 atom stereocenters. The standard InChI is InChI=1S/C9H16N2O/c1-8(2)12-7-11-5-3-4-9(11)6-10/h8-9H,3-5,7H2,1-2H3/t9-/m1/s1. The topological polar surface area (TPSA) is 36.3 Å². The van der Waals surface area contributed by atoms with Crippen LogP contribution in [-0.2, 0) is 4.74 Å². The van der Waals surface area contributed by atoms with E-state index in [-0.39, 0.29) is 12.1 Å². The summed E-state index contributed by atoms with van der Waals surface area (Å²) in [7, 11) is 0. The van der Waals surface area contributed by atoms with E-state index in [1.165, 1.54) is 0 Å². The van der Waals surface area contributed by atoms with Gasteiger partial charge in [0.1, 0.15) is 6.73 Å². The average molecular weight is 168 g/mol. The van der Waals surface area contributed by atoms with Crippen LogP contribution < -0.4 is 0 Å². The largest absolute Gasteiger partial charge is 0.363 e. The summed E-state index contributed by atoms with van der Waals surface area (Å²) in [6, 6.07) is 2.37. The van der Waals surface area contributed by atoms with Gasteiger partial charge in [0.05, 0.1) is 18.2 Å². The maximum Gasteiger partial charge on any atom is 0.100 e. The smallest absolute Gasteiger partial charge is 0.100 e. The van der Waals surface area contributed by atoms with Gasteiger partial charge in [0.2, 0.25) is 0 Å². The van der Waals surface area contributed by atoms with Crippen LogP contribution in [0.1, 0.15) is 26.7 Å². The number of ether oxygens (including phenoxy) is 1. The van der Waals surface area contributed by atoms with Gasteiger partial charge in [0.15, 0.2) is 0 Å².